The van der Waals surface area contributed by atoms with E-state index in [-0.39, 0.29) is 5.91 Å². The van der Waals surface area contributed by atoms with E-state index in [4.69, 9.17) is 14.5 Å². The van der Waals surface area contributed by atoms with E-state index in [1.165, 1.54) is 0 Å². The van der Waals surface area contributed by atoms with E-state index in [1.807, 2.05) is 41.3 Å². The molecule has 0 unspecified atom stereocenters. The van der Waals surface area contributed by atoms with Gasteiger partial charge in [-0.25, -0.2) is 9.97 Å². The summed E-state index contributed by atoms with van der Waals surface area (Å²) >= 11 is 0. The summed E-state index contributed by atoms with van der Waals surface area (Å²) < 4.78 is 13.7. The van der Waals surface area contributed by atoms with Crippen LogP contribution in [-0.2, 0) is 17.8 Å². The van der Waals surface area contributed by atoms with Crippen molar-refractivity contribution in [1.82, 2.24) is 24.8 Å². The van der Waals surface area contributed by atoms with E-state index in [9.17, 15) is 4.79 Å². The minimum Gasteiger partial charge on any atom is -0.492 e. The van der Waals surface area contributed by atoms with Gasteiger partial charge < -0.3 is 24.3 Å². The highest BCUT2D eigenvalue weighted by Crippen LogP contribution is 2.20. The van der Waals surface area contributed by atoms with Gasteiger partial charge in [-0.05, 0) is 55.0 Å². The molecule has 3 aromatic rings. The summed E-state index contributed by atoms with van der Waals surface area (Å²) in [5, 5.41) is 3.33. The predicted octanol–water partition coefficient (Wildman–Crippen LogP) is 5.17. The number of nitrogens with one attached hydrogen (secondary N) is 1. The lowest BCUT2D eigenvalue weighted by Gasteiger charge is -2.24. The third-order valence-corrected chi connectivity index (χ3v) is 6.13. The average Bonchev–Trinajstić information content (AvgIpc) is 3.24. The summed E-state index contributed by atoms with van der Waals surface area (Å²) in [6.07, 6.45) is 3.68. The Hall–Kier alpha value is -2.97. The van der Waals surface area contributed by atoms with Crippen molar-refractivity contribution in [2.45, 2.75) is 60.5 Å². The van der Waals surface area contributed by atoms with Crippen LogP contribution in [0.5, 0.6) is 5.75 Å². The molecule has 0 aliphatic heterocycles. The number of aromatic nitrogens is 3. The Morgan fingerprint density at radius 3 is 2.66 bits per heavy atom. The first kappa shape index (κ1) is 29.6. The van der Waals surface area contributed by atoms with E-state index in [1.54, 1.807) is 6.20 Å². The minimum atomic E-state index is -0.0143. The number of carbonyl (C=O) groups is 1. The summed E-state index contributed by atoms with van der Waals surface area (Å²) in [5.41, 5.74) is 2.36. The van der Waals surface area contributed by atoms with Gasteiger partial charge in [0.1, 0.15) is 23.7 Å². The molecule has 8 heteroatoms. The van der Waals surface area contributed by atoms with Crippen LogP contribution in [0.4, 0.5) is 0 Å². The molecule has 0 fully saturated rings. The number of imidazole rings is 1. The lowest BCUT2D eigenvalue weighted by Crippen LogP contribution is -2.33. The van der Waals surface area contributed by atoms with Crippen molar-refractivity contribution in [1.29, 1.82) is 0 Å². The molecule has 0 radical (unpaired) electrons. The number of hydrogen-bond donors (Lipinski definition) is 1. The number of fused-ring (bicyclic) bond motifs is 1. The van der Waals surface area contributed by atoms with Crippen LogP contribution in [0.2, 0.25) is 0 Å². The van der Waals surface area contributed by atoms with Gasteiger partial charge >= 0.3 is 0 Å². The molecule has 0 saturated carbocycles. The van der Waals surface area contributed by atoms with E-state index in [0.717, 1.165) is 49.5 Å². The highest BCUT2D eigenvalue weighted by Gasteiger charge is 2.21. The van der Waals surface area contributed by atoms with Crippen molar-refractivity contribution in [2.24, 2.45) is 11.8 Å². The third-order valence-electron chi connectivity index (χ3n) is 6.13. The normalized spacial score (nSPS) is 11.6. The van der Waals surface area contributed by atoms with Crippen molar-refractivity contribution in [3.8, 4) is 5.75 Å². The average molecular weight is 524 g/mol. The van der Waals surface area contributed by atoms with Gasteiger partial charge in [0.15, 0.2) is 5.65 Å². The predicted molar refractivity (Wildman–Crippen MR) is 152 cm³/mol. The van der Waals surface area contributed by atoms with Gasteiger partial charge in [-0.2, -0.15) is 0 Å². The van der Waals surface area contributed by atoms with Crippen LogP contribution in [0.25, 0.3) is 11.2 Å². The zero-order valence-corrected chi connectivity index (χ0v) is 23.8. The van der Waals surface area contributed by atoms with Crippen LogP contribution in [0, 0.1) is 11.8 Å². The summed E-state index contributed by atoms with van der Waals surface area (Å²) in [6.45, 7) is 16.2. The quantitative estimate of drug-likeness (QED) is 0.246. The molecule has 38 heavy (non-hydrogen) atoms. The topological polar surface area (TPSA) is 81.5 Å². The number of amides is 1. The highest BCUT2D eigenvalue weighted by atomic mass is 16.5. The number of hydrogen-bond acceptors (Lipinski definition) is 6. The van der Waals surface area contributed by atoms with Crippen molar-refractivity contribution in [3.63, 3.8) is 0 Å². The first-order valence-electron chi connectivity index (χ1n) is 14.0. The van der Waals surface area contributed by atoms with Crippen LogP contribution >= 0.6 is 0 Å². The maximum atomic E-state index is 13.7. The van der Waals surface area contributed by atoms with E-state index < -0.39 is 0 Å². The van der Waals surface area contributed by atoms with Gasteiger partial charge in [-0.15, -0.1) is 0 Å². The molecule has 0 saturated heterocycles. The smallest absolute Gasteiger partial charge is 0.254 e. The summed E-state index contributed by atoms with van der Waals surface area (Å²) in [6, 6.07) is 11.4. The molecule has 0 aliphatic carbocycles. The lowest BCUT2D eigenvalue weighted by molar-refractivity contribution is 0.0729. The summed E-state index contributed by atoms with van der Waals surface area (Å²) in [4.78, 5) is 25.0. The molecule has 208 valence electrons. The Balaban J connectivity index is 1.65. The minimum absolute atomic E-state index is 0.0143. The van der Waals surface area contributed by atoms with Gasteiger partial charge in [-0.1, -0.05) is 40.7 Å². The Labute approximate surface area is 227 Å². The molecule has 1 aromatic carbocycles. The number of pyridine rings is 1. The second-order valence-corrected chi connectivity index (χ2v) is 10.5. The van der Waals surface area contributed by atoms with Crippen molar-refractivity contribution >= 4 is 17.1 Å². The first-order valence-corrected chi connectivity index (χ1v) is 14.0. The Morgan fingerprint density at radius 2 is 1.89 bits per heavy atom. The van der Waals surface area contributed by atoms with E-state index in [0.29, 0.717) is 56.0 Å². The third kappa shape index (κ3) is 9.10. The number of benzene rings is 1. The zero-order chi connectivity index (χ0) is 27.3. The monoisotopic (exact) mass is 523 g/mol. The number of ether oxygens (including phenoxy) is 2. The second-order valence-electron chi connectivity index (χ2n) is 10.5. The van der Waals surface area contributed by atoms with Crippen molar-refractivity contribution in [2.75, 3.05) is 39.5 Å². The maximum absolute atomic E-state index is 13.7. The second kappa shape index (κ2) is 15.4. The molecule has 1 amide bonds. The maximum Gasteiger partial charge on any atom is 0.254 e. The Morgan fingerprint density at radius 1 is 1.08 bits per heavy atom. The van der Waals surface area contributed by atoms with Gasteiger partial charge in [-0.3, -0.25) is 4.79 Å². The fourth-order valence-electron chi connectivity index (χ4n) is 4.15. The molecule has 0 bridgehead atoms. The highest BCUT2D eigenvalue weighted by molar-refractivity contribution is 5.94. The standard InChI is InChI=1S/C30H45N5O3/c1-6-16-35-28(33-27-11-8-13-32-29(27)35)21-34(17-12-23(2)3)30(36)25-9-7-10-26(20-25)38-19-15-31-14-18-37-22-24(4)5/h7-11,13,20,23-24,31H,6,12,14-19,21-22H2,1-5H3. The van der Waals surface area contributed by atoms with Gasteiger partial charge in [0, 0.05) is 44.5 Å². The van der Waals surface area contributed by atoms with E-state index >= 15 is 0 Å². The Bertz CT molecular complexity index is 1130. The molecular weight excluding hydrogens is 478 g/mol. The van der Waals surface area contributed by atoms with Crippen LogP contribution in [0.1, 0.15) is 63.6 Å². The summed E-state index contributed by atoms with van der Waals surface area (Å²) in [7, 11) is 0. The fraction of sp³-hybridized carbons (Fsp3) is 0.567. The van der Waals surface area contributed by atoms with Gasteiger partial charge in [0.25, 0.3) is 5.91 Å². The van der Waals surface area contributed by atoms with Crippen LogP contribution < -0.4 is 10.1 Å². The number of nitrogens with zero attached hydrogens (tertiary/aromatic N) is 4. The van der Waals surface area contributed by atoms with Gasteiger partial charge in [0.05, 0.1) is 13.2 Å². The largest absolute Gasteiger partial charge is 0.492 e. The lowest BCUT2D eigenvalue weighted by atomic mass is 10.1. The molecular formula is C30H45N5O3. The number of carbonyl (C=O) groups excluding carboxylic acids is 1. The molecule has 2 aromatic heterocycles. The van der Waals surface area contributed by atoms with Crippen LogP contribution in [-0.4, -0.2) is 64.8 Å². The van der Waals surface area contributed by atoms with Crippen LogP contribution in [0.15, 0.2) is 42.6 Å². The van der Waals surface area contributed by atoms with Crippen molar-refractivity contribution in [3.05, 3.63) is 54.0 Å². The fourth-order valence-corrected chi connectivity index (χ4v) is 4.15. The van der Waals surface area contributed by atoms with E-state index in [2.05, 4.69) is 49.5 Å². The zero-order valence-electron chi connectivity index (χ0n) is 23.8. The molecule has 8 nitrogen and oxygen atoms in total. The number of rotatable bonds is 17. The summed E-state index contributed by atoms with van der Waals surface area (Å²) in [5.74, 6) is 2.58. The molecule has 0 aliphatic rings. The molecule has 0 spiro atoms. The molecule has 1 N–H and O–H groups in total. The Kier molecular flexibility index (Phi) is 12.0. The molecule has 2 heterocycles. The molecule has 3 rings (SSSR count). The van der Waals surface area contributed by atoms with Gasteiger partial charge in [0.2, 0.25) is 0 Å². The van der Waals surface area contributed by atoms with Crippen LogP contribution in [0.3, 0.4) is 0 Å². The molecule has 0 atom stereocenters. The van der Waals surface area contributed by atoms with Crippen molar-refractivity contribution < 1.29 is 14.3 Å². The number of aryl methyl sites for hydroxylation is 1. The SMILES string of the molecule is CCCn1c(CN(CCC(C)C)C(=O)c2cccc(OCCNCCOCC(C)C)c2)nc2cccnc21. The first-order chi connectivity index (χ1) is 18.4.